The van der Waals surface area contributed by atoms with Crippen LogP contribution in [0.4, 0.5) is 0 Å². The fraction of sp³-hybridized carbons (Fsp3) is 0.929. The zero-order valence-electron chi connectivity index (χ0n) is 13.5. The Morgan fingerprint density at radius 2 is 1.75 bits per heavy atom. The van der Waals surface area contributed by atoms with Gasteiger partial charge in [-0.15, -0.1) is 0 Å². The number of hydrogen-bond acceptors (Lipinski definition) is 5. The molecule has 0 radical (unpaired) electrons. The minimum absolute atomic E-state index is 0.0588. The second-order valence-corrected chi connectivity index (χ2v) is 6.06. The standard InChI is InChI=1S/C14H30N2O4/c1-7-14(4,15(5)6)12(10(2)3)13(19)16(20)9-8-11(17)18/h10-12,17-18,20H,7-9H2,1-6H3. The van der Waals surface area contributed by atoms with Gasteiger partial charge in [0, 0.05) is 12.0 Å². The van der Waals surface area contributed by atoms with E-state index in [0.717, 1.165) is 6.42 Å². The van der Waals surface area contributed by atoms with Crippen molar-refractivity contribution >= 4 is 5.91 Å². The molecule has 0 spiro atoms. The molecule has 2 unspecified atom stereocenters. The predicted octanol–water partition coefficient (Wildman–Crippen LogP) is 0.908. The third-order valence-corrected chi connectivity index (χ3v) is 4.19. The monoisotopic (exact) mass is 290 g/mol. The van der Waals surface area contributed by atoms with E-state index in [4.69, 9.17) is 10.2 Å². The quantitative estimate of drug-likeness (QED) is 0.351. The summed E-state index contributed by atoms with van der Waals surface area (Å²) in [6.07, 6.45) is -0.829. The van der Waals surface area contributed by atoms with Crippen molar-refractivity contribution in [3.63, 3.8) is 0 Å². The van der Waals surface area contributed by atoms with Crippen molar-refractivity contribution in [1.29, 1.82) is 0 Å². The summed E-state index contributed by atoms with van der Waals surface area (Å²) in [5, 5.41) is 28.1. The summed E-state index contributed by atoms with van der Waals surface area (Å²) in [6.45, 7) is 7.84. The van der Waals surface area contributed by atoms with E-state index < -0.39 is 6.29 Å². The van der Waals surface area contributed by atoms with E-state index in [1.54, 1.807) is 0 Å². The molecule has 0 fully saturated rings. The molecule has 0 saturated carbocycles. The van der Waals surface area contributed by atoms with Crippen LogP contribution < -0.4 is 0 Å². The van der Waals surface area contributed by atoms with Crippen LogP contribution in [-0.2, 0) is 4.79 Å². The Hall–Kier alpha value is -0.690. The summed E-state index contributed by atoms with van der Waals surface area (Å²) >= 11 is 0. The van der Waals surface area contributed by atoms with Gasteiger partial charge in [-0.05, 0) is 33.4 Å². The lowest BCUT2D eigenvalue weighted by Crippen LogP contribution is -2.55. The largest absolute Gasteiger partial charge is 0.368 e. The Kier molecular flexibility index (Phi) is 7.65. The molecule has 2 atom stereocenters. The minimum Gasteiger partial charge on any atom is -0.368 e. The van der Waals surface area contributed by atoms with Gasteiger partial charge in [0.25, 0.3) is 5.91 Å². The van der Waals surface area contributed by atoms with Crippen molar-refractivity contribution < 1.29 is 20.2 Å². The number of hydrogen-bond donors (Lipinski definition) is 3. The number of carbonyl (C=O) groups is 1. The molecule has 0 aliphatic rings. The molecule has 0 aliphatic heterocycles. The number of rotatable bonds is 8. The van der Waals surface area contributed by atoms with Crippen LogP contribution in [0.5, 0.6) is 0 Å². The first kappa shape index (κ1) is 19.3. The Labute approximate surface area is 122 Å². The first-order chi connectivity index (χ1) is 9.07. The summed E-state index contributed by atoms with van der Waals surface area (Å²) in [5.41, 5.74) is -0.371. The van der Waals surface area contributed by atoms with Gasteiger partial charge in [-0.3, -0.25) is 10.0 Å². The highest BCUT2D eigenvalue weighted by atomic mass is 16.5. The molecule has 0 bridgehead atoms. The molecule has 3 N–H and O–H groups in total. The van der Waals surface area contributed by atoms with Crippen LogP contribution >= 0.6 is 0 Å². The molecular weight excluding hydrogens is 260 g/mol. The van der Waals surface area contributed by atoms with Crippen LogP contribution in [-0.4, -0.2) is 63.8 Å². The lowest BCUT2D eigenvalue weighted by molar-refractivity contribution is -0.181. The van der Waals surface area contributed by atoms with E-state index >= 15 is 0 Å². The molecule has 0 saturated heterocycles. The van der Waals surface area contributed by atoms with Gasteiger partial charge in [0.1, 0.15) is 0 Å². The maximum absolute atomic E-state index is 12.5. The van der Waals surface area contributed by atoms with Crippen LogP contribution in [0, 0.1) is 11.8 Å². The second kappa shape index (κ2) is 7.93. The summed E-state index contributed by atoms with van der Waals surface area (Å²) in [6, 6.07) is 0. The van der Waals surface area contributed by atoms with Crippen LogP contribution in [0.25, 0.3) is 0 Å². The van der Waals surface area contributed by atoms with Crippen molar-refractivity contribution in [3.8, 4) is 0 Å². The highest BCUT2D eigenvalue weighted by molar-refractivity contribution is 5.79. The minimum atomic E-state index is -1.53. The van der Waals surface area contributed by atoms with E-state index in [0.29, 0.717) is 5.06 Å². The fourth-order valence-corrected chi connectivity index (χ4v) is 2.59. The molecule has 0 aromatic heterocycles. The molecule has 0 aromatic rings. The Balaban J connectivity index is 5.13. The first-order valence-electron chi connectivity index (χ1n) is 7.11. The van der Waals surface area contributed by atoms with E-state index in [9.17, 15) is 10.0 Å². The maximum atomic E-state index is 12.5. The summed E-state index contributed by atoms with van der Waals surface area (Å²) in [5.74, 6) is -0.689. The van der Waals surface area contributed by atoms with Gasteiger partial charge < -0.3 is 15.1 Å². The Morgan fingerprint density at radius 1 is 1.25 bits per heavy atom. The van der Waals surface area contributed by atoms with Gasteiger partial charge in [-0.1, -0.05) is 20.8 Å². The number of aliphatic hydroxyl groups is 2. The van der Waals surface area contributed by atoms with Gasteiger partial charge in [0.05, 0.1) is 12.5 Å². The highest BCUT2D eigenvalue weighted by Crippen LogP contribution is 2.33. The van der Waals surface area contributed by atoms with Crippen molar-refractivity contribution in [3.05, 3.63) is 0 Å². The second-order valence-electron chi connectivity index (χ2n) is 6.06. The Morgan fingerprint density at radius 3 is 2.05 bits per heavy atom. The third-order valence-electron chi connectivity index (χ3n) is 4.19. The van der Waals surface area contributed by atoms with Crippen LogP contribution in [0.3, 0.4) is 0 Å². The van der Waals surface area contributed by atoms with E-state index in [2.05, 4.69) is 0 Å². The van der Waals surface area contributed by atoms with Gasteiger partial charge >= 0.3 is 0 Å². The molecule has 20 heavy (non-hydrogen) atoms. The third kappa shape index (κ3) is 4.70. The lowest BCUT2D eigenvalue weighted by Gasteiger charge is -2.44. The van der Waals surface area contributed by atoms with Gasteiger partial charge in [0.15, 0.2) is 6.29 Å². The van der Waals surface area contributed by atoms with Gasteiger partial charge in [-0.25, -0.2) is 5.06 Å². The molecule has 1 amide bonds. The number of amides is 1. The van der Waals surface area contributed by atoms with Crippen molar-refractivity contribution in [2.24, 2.45) is 11.8 Å². The average Bonchev–Trinajstić information content (AvgIpc) is 2.34. The predicted molar refractivity (Wildman–Crippen MR) is 77.1 cm³/mol. The fourth-order valence-electron chi connectivity index (χ4n) is 2.59. The first-order valence-corrected chi connectivity index (χ1v) is 7.11. The normalized spacial score (nSPS) is 16.6. The van der Waals surface area contributed by atoms with Crippen molar-refractivity contribution in [2.75, 3.05) is 20.6 Å². The molecule has 0 rings (SSSR count). The van der Waals surface area contributed by atoms with Crippen LogP contribution in [0.15, 0.2) is 0 Å². The Bertz CT molecular complexity index is 308. The molecule has 6 heteroatoms. The van der Waals surface area contributed by atoms with E-state index in [-0.39, 0.29) is 36.2 Å². The molecule has 120 valence electrons. The number of aliphatic hydroxyl groups excluding tert-OH is 1. The highest BCUT2D eigenvalue weighted by Gasteiger charge is 2.43. The molecule has 0 aliphatic carbocycles. The van der Waals surface area contributed by atoms with E-state index in [1.807, 2.05) is 46.7 Å². The topological polar surface area (TPSA) is 84.2 Å². The van der Waals surface area contributed by atoms with Gasteiger partial charge in [-0.2, -0.15) is 0 Å². The number of carbonyl (C=O) groups excluding carboxylic acids is 1. The van der Waals surface area contributed by atoms with Crippen LogP contribution in [0.1, 0.15) is 40.5 Å². The summed E-state index contributed by atoms with van der Waals surface area (Å²) in [7, 11) is 3.84. The summed E-state index contributed by atoms with van der Waals surface area (Å²) in [4.78, 5) is 14.5. The molecular formula is C14H30N2O4. The smallest absolute Gasteiger partial charge is 0.251 e. The van der Waals surface area contributed by atoms with Crippen molar-refractivity contribution in [2.45, 2.75) is 52.4 Å². The average molecular weight is 290 g/mol. The maximum Gasteiger partial charge on any atom is 0.251 e. The molecule has 0 aromatic carbocycles. The zero-order valence-corrected chi connectivity index (χ0v) is 13.5. The lowest BCUT2D eigenvalue weighted by atomic mass is 9.75. The molecule has 0 heterocycles. The molecule has 6 nitrogen and oxygen atoms in total. The SMILES string of the molecule is CCC(C)(C(C(=O)N(O)CCC(O)O)C(C)C)N(C)C. The van der Waals surface area contributed by atoms with Crippen LogP contribution in [0.2, 0.25) is 0 Å². The van der Waals surface area contributed by atoms with Gasteiger partial charge in [0.2, 0.25) is 0 Å². The van der Waals surface area contributed by atoms with Crippen molar-refractivity contribution in [1.82, 2.24) is 9.96 Å². The number of nitrogens with zero attached hydrogens (tertiary/aromatic N) is 2. The zero-order chi connectivity index (χ0) is 16.1. The van der Waals surface area contributed by atoms with E-state index in [1.165, 1.54) is 0 Å². The number of hydroxylamine groups is 2. The summed E-state index contributed by atoms with van der Waals surface area (Å²) < 4.78 is 0.